The molecule has 2 atom stereocenters. The van der Waals surface area contributed by atoms with Crippen LogP contribution in [0.2, 0.25) is 0 Å². The van der Waals surface area contributed by atoms with E-state index in [1.54, 1.807) is 8.61 Å². The van der Waals surface area contributed by atoms with E-state index in [2.05, 4.69) is 5.32 Å². The SMILES string of the molecule is CNC1CCN(S(=O)(=O)N2CCCCC2C)C1.Cl. The first kappa shape index (κ1) is 16.2. The largest absolute Gasteiger partial charge is 0.316 e. The van der Waals surface area contributed by atoms with Crippen molar-refractivity contribution in [2.45, 2.75) is 44.7 Å². The molecule has 0 aliphatic carbocycles. The van der Waals surface area contributed by atoms with Crippen LogP contribution in [0, 0.1) is 0 Å². The van der Waals surface area contributed by atoms with Crippen LogP contribution in [0.3, 0.4) is 0 Å². The molecule has 0 radical (unpaired) electrons. The summed E-state index contributed by atoms with van der Waals surface area (Å²) in [6.45, 7) is 3.96. The summed E-state index contributed by atoms with van der Waals surface area (Å²) in [7, 11) is -1.33. The lowest BCUT2D eigenvalue weighted by Gasteiger charge is -2.35. The molecule has 0 saturated carbocycles. The maximum absolute atomic E-state index is 12.5. The lowest BCUT2D eigenvalue weighted by atomic mass is 10.1. The predicted molar refractivity (Wildman–Crippen MR) is 75.2 cm³/mol. The highest BCUT2D eigenvalue weighted by Gasteiger charge is 2.37. The Morgan fingerprint density at radius 2 is 1.89 bits per heavy atom. The van der Waals surface area contributed by atoms with E-state index < -0.39 is 10.2 Å². The second-order valence-electron chi connectivity index (χ2n) is 5.10. The van der Waals surface area contributed by atoms with Gasteiger partial charge >= 0.3 is 0 Å². The minimum Gasteiger partial charge on any atom is -0.316 e. The standard InChI is InChI=1S/C11H23N3O2S.ClH/c1-10-5-3-4-7-14(10)17(15,16)13-8-6-11(9-13)12-2;/h10-12H,3-9H2,1-2H3;1H. The van der Waals surface area contributed by atoms with Gasteiger partial charge in [-0.25, -0.2) is 0 Å². The summed E-state index contributed by atoms with van der Waals surface area (Å²) in [6, 6.07) is 0.465. The van der Waals surface area contributed by atoms with Gasteiger partial charge in [0.05, 0.1) is 0 Å². The minimum atomic E-state index is -3.23. The van der Waals surface area contributed by atoms with Crippen LogP contribution in [0.4, 0.5) is 0 Å². The Hall–Kier alpha value is 0.120. The maximum Gasteiger partial charge on any atom is 0.282 e. The fraction of sp³-hybridized carbons (Fsp3) is 1.00. The van der Waals surface area contributed by atoms with Gasteiger partial charge in [-0.05, 0) is 33.2 Å². The average Bonchev–Trinajstić information content (AvgIpc) is 2.78. The van der Waals surface area contributed by atoms with E-state index >= 15 is 0 Å². The van der Waals surface area contributed by atoms with Crippen molar-refractivity contribution in [2.75, 3.05) is 26.7 Å². The van der Waals surface area contributed by atoms with E-state index in [9.17, 15) is 8.42 Å². The molecule has 7 heteroatoms. The summed E-state index contributed by atoms with van der Waals surface area (Å²) >= 11 is 0. The first-order chi connectivity index (χ1) is 8.05. The van der Waals surface area contributed by atoms with E-state index in [0.29, 0.717) is 25.7 Å². The molecule has 2 heterocycles. The fourth-order valence-corrected chi connectivity index (χ4v) is 4.66. The van der Waals surface area contributed by atoms with Gasteiger partial charge in [-0.2, -0.15) is 17.0 Å². The fourth-order valence-electron chi connectivity index (χ4n) is 2.74. The van der Waals surface area contributed by atoms with Crippen LogP contribution in [0.5, 0.6) is 0 Å². The van der Waals surface area contributed by atoms with Crippen LogP contribution in [-0.4, -0.2) is 55.8 Å². The molecule has 2 aliphatic heterocycles. The quantitative estimate of drug-likeness (QED) is 0.839. The summed E-state index contributed by atoms with van der Waals surface area (Å²) in [5.41, 5.74) is 0. The first-order valence-electron chi connectivity index (χ1n) is 6.50. The molecule has 0 amide bonds. The van der Waals surface area contributed by atoms with Crippen LogP contribution < -0.4 is 5.32 Å². The second-order valence-corrected chi connectivity index (χ2v) is 6.98. The Bertz CT molecular complexity index is 363. The van der Waals surface area contributed by atoms with Gasteiger partial charge < -0.3 is 5.32 Å². The molecule has 2 saturated heterocycles. The van der Waals surface area contributed by atoms with Gasteiger partial charge in [-0.15, -0.1) is 12.4 Å². The molecular formula is C11H24ClN3O2S. The van der Waals surface area contributed by atoms with Crippen LogP contribution in [0.25, 0.3) is 0 Å². The molecule has 18 heavy (non-hydrogen) atoms. The highest BCUT2D eigenvalue weighted by atomic mass is 35.5. The van der Waals surface area contributed by atoms with E-state index in [1.807, 2.05) is 14.0 Å². The van der Waals surface area contributed by atoms with Gasteiger partial charge in [0.2, 0.25) is 0 Å². The monoisotopic (exact) mass is 297 g/mol. The Kier molecular flexibility index (Phi) is 5.86. The smallest absolute Gasteiger partial charge is 0.282 e. The Morgan fingerprint density at radius 3 is 2.44 bits per heavy atom. The van der Waals surface area contributed by atoms with Gasteiger partial charge in [0, 0.05) is 31.7 Å². The van der Waals surface area contributed by atoms with Gasteiger partial charge in [0.15, 0.2) is 0 Å². The van der Waals surface area contributed by atoms with Gasteiger partial charge in [-0.1, -0.05) is 6.42 Å². The lowest BCUT2D eigenvalue weighted by Crippen LogP contribution is -2.49. The summed E-state index contributed by atoms with van der Waals surface area (Å²) in [5.74, 6) is 0. The first-order valence-corrected chi connectivity index (χ1v) is 7.89. The zero-order valence-electron chi connectivity index (χ0n) is 11.1. The van der Waals surface area contributed by atoms with E-state index in [1.165, 1.54) is 0 Å². The molecule has 2 rings (SSSR count). The molecule has 0 aromatic rings. The van der Waals surface area contributed by atoms with Crippen molar-refractivity contribution in [2.24, 2.45) is 0 Å². The number of piperidine rings is 1. The van der Waals surface area contributed by atoms with Crippen LogP contribution in [0.1, 0.15) is 32.6 Å². The number of rotatable bonds is 3. The van der Waals surface area contributed by atoms with Gasteiger partial charge in [0.1, 0.15) is 0 Å². The summed E-state index contributed by atoms with van der Waals surface area (Å²) < 4.78 is 28.3. The van der Waals surface area contributed by atoms with Crippen molar-refractivity contribution in [3.05, 3.63) is 0 Å². The third-order valence-corrected chi connectivity index (χ3v) is 6.04. The number of hydrogen-bond donors (Lipinski definition) is 1. The minimum absolute atomic E-state index is 0. The molecule has 2 aliphatic rings. The van der Waals surface area contributed by atoms with Crippen LogP contribution in [-0.2, 0) is 10.2 Å². The molecule has 5 nitrogen and oxygen atoms in total. The molecule has 1 N–H and O–H groups in total. The molecule has 0 aromatic carbocycles. The molecule has 0 spiro atoms. The Balaban J connectivity index is 0.00000162. The third-order valence-electron chi connectivity index (χ3n) is 3.92. The zero-order chi connectivity index (χ0) is 12.5. The molecule has 2 fully saturated rings. The van der Waals surface area contributed by atoms with Crippen LogP contribution in [0.15, 0.2) is 0 Å². The summed E-state index contributed by atoms with van der Waals surface area (Å²) in [5, 5.41) is 3.16. The van der Waals surface area contributed by atoms with Gasteiger partial charge in [-0.3, -0.25) is 0 Å². The molecule has 0 aromatic heterocycles. The van der Waals surface area contributed by atoms with Crippen LogP contribution >= 0.6 is 12.4 Å². The average molecular weight is 298 g/mol. The van der Waals surface area contributed by atoms with E-state index in [-0.39, 0.29) is 18.4 Å². The van der Waals surface area contributed by atoms with E-state index in [0.717, 1.165) is 25.7 Å². The molecule has 2 unspecified atom stereocenters. The Morgan fingerprint density at radius 1 is 1.17 bits per heavy atom. The van der Waals surface area contributed by atoms with Crippen molar-refractivity contribution in [1.82, 2.24) is 13.9 Å². The molecule has 108 valence electrons. The van der Waals surface area contributed by atoms with Crippen molar-refractivity contribution >= 4 is 22.6 Å². The number of halogens is 1. The summed E-state index contributed by atoms with van der Waals surface area (Å²) in [4.78, 5) is 0. The second kappa shape index (κ2) is 6.52. The highest BCUT2D eigenvalue weighted by molar-refractivity contribution is 7.86. The zero-order valence-corrected chi connectivity index (χ0v) is 12.8. The highest BCUT2D eigenvalue weighted by Crippen LogP contribution is 2.24. The number of nitrogens with one attached hydrogen (secondary N) is 1. The normalized spacial score (nSPS) is 31.2. The topological polar surface area (TPSA) is 52.7 Å². The Labute approximate surface area is 116 Å². The van der Waals surface area contributed by atoms with Crippen molar-refractivity contribution in [3.63, 3.8) is 0 Å². The van der Waals surface area contributed by atoms with Crippen molar-refractivity contribution in [1.29, 1.82) is 0 Å². The third kappa shape index (κ3) is 3.17. The number of likely N-dealkylation sites (N-methyl/N-ethyl adjacent to an activating group) is 1. The lowest BCUT2D eigenvalue weighted by molar-refractivity contribution is 0.249. The molecule has 0 bridgehead atoms. The maximum atomic E-state index is 12.5. The van der Waals surface area contributed by atoms with Crippen molar-refractivity contribution in [3.8, 4) is 0 Å². The predicted octanol–water partition coefficient (Wildman–Crippen LogP) is 0.821. The number of hydrogen-bond acceptors (Lipinski definition) is 3. The summed E-state index contributed by atoms with van der Waals surface area (Å²) in [6.07, 6.45) is 4.04. The molecular weight excluding hydrogens is 274 g/mol. The number of nitrogens with zero attached hydrogens (tertiary/aromatic N) is 2. The van der Waals surface area contributed by atoms with Gasteiger partial charge in [0.25, 0.3) is 10.2 Å². The van der Waals surface area contributed by atoms with Crippen molar-refractivity contribution < 1.29 is 8.42 Å². The van der Waals surface area contributed by atoms with E-state index in [4.69, 9.17) is 0 Å².